The molecule has 5 nitrogen and oxygen atoms in total. The maximum Gasteiger partial charge on any atom is 0.183 e. The molecule has 6 heteroatoms. The van der Waals surface area contributed by atoms with E-state index >= 15 is 0 Å². The van der Waals surface area contributed by atoms with Crippen molar-refractivity contribution in [2.75, 3.05) is 33.6 Å². The van der Waals surface area contributed by atoms with E-state index in [4.69, 9.17) is 9.47 Å². The Morgan fingerprint density at radius 2 is 2.10 bits per heavy atom. The van der Waals surface area contributed by atoms with Crippen LogP contribution in [0.15, 0.2) is 12.3 Å². The number of thioether (sulfide) groups is 1. The number of pyridine rings is 1. The number of likely N-dealkylation sites (tertiary alicyclic amines) is 1. The summed E-state index contributed by atoms with van der Waals surface area (Å²) in [4.78, 5) is 6.73. The lowest BCUT2D eigenvalue weighted by molar-refractivity contribution is 0.203. The number of ether oxygens (including phenoxy) is 2. The fourth-order valence-electron chi connectivity index (χ4n) is 2.61. The molecular weight excluding hydrogens is 286 g/mol. The minimum absolute atomic E-state index is 0.220. The summed E-state index contributed by atoms with van der Waals surface area (Å²) in [6.07, 6.45) is 5.53. The summed E-state index contributed by atoms with van der Waals surface area (Å²) in [5.74, 6) is 1.40. The van der Waals surface area contributed by atoms with Crippen LogP contribution in [-0.2, 0) is 6.54 Å². The molecule has 0 spiro atoms. The van der Waals surface area contributed by atoms with Crippen molar-refractivity contribution in [1.29, 1.82) is 5.26 Å². The van der Waals surface area contributed by atoms with E-state index in [1.807, 2.05) is 6.26 Å². The van der Waals surface area contributed by atoms with Gasteiger partial charge in [0.1, 0.15) is 10.4 Å². The number of nitriles is 1. The smallest absolute Gasteiger partial charge is 0.183 e. The highest BCUT2D eigenvalue weighted by atomic mass is 32.2. The summed E-state index contributed by atoms with van der Waals surface area (Å²) in [6.45, 7) is 2.52. The lowest BCUT2D eigenvalue weighted by atomic mass is 9.97. The molecule has 2 rings (SSSR count). The molecule has 0 aromatic carbocycles. The second-order valence-electron chi connectivity index (χ2n) is 5.08. The van der Waals surface area contributed by atoms with E-state index in [0.29, 0.717) is 11.5 Å². The molecule has 2 heterocycles. The van der Waals surface area contributed by atoms with Crippen molar-refractivity contribution < 1.29 is 9.47 Å². The number of methoxy groups -OCH3 is 2. The Morgan fingerprint density at radius 1 is 1.38 bits per heavy atom. The summed E-state index contributed by atoms with van der Waals surface area (Å²) in [7, 11) is 3.26. The van der Waals surface area contributed by atoms with E-state index in [0.717, 1.165) is 38.2 Å². The lowest BCUT2D eigenvalue weighted by Crippen LogP contribution is -2.41. The second-order valence-corrected chi connectivity index (χ2v) is 6.27. The highest BCUT2D eigenvalue weighted by Gasteiger charge is 2.34. The number of piperidine rings is 1. The molecule has 0 aliphatic carbocycles. The first-order valence-corrected chi connectivity index (χ1v) is 8.15. The van der Waals surface area contributed by atoms with Crippen molar-refractivity contribution in [2.24, 2.45) is 0 Å². The quantitative estimate of drug-likeness (QED) is 0.832. The Kier molecular flexibility index (Phi) is 5.32. The molecule has 0 unspecified atom stereocenters. The van der Waals surface area contributed by atoms with Crippen LogP contribution in [-0.4, -0.2) is 48.2 Å². The Morgan fingerprint density at radius 3 is 2.62 bits per heavy atom. The normalized spacial score (nSPS) is 18.0. The Bertz CT molecular complexity index is 522. The van der Waals surface area contributed by atoms with Gasteiger partial charge in [0.15, 0.2) is 11.5 Å². The first-order chi connectivity index (χ1) is 10.2. The zero-order chi connectivity index (χ0) is 15.3. The largest absolute Gasteiger partial charge is 0.493 e. The predicted molar refractivity (Wildman–Crippen MR) is 83.7 cm³/mol. The molecule has 1 aliphatic rings. The minimum atomic E-state index is -0.220. The van der Waals surface area contributed by atoms with Crippen LogP contribution in [0.25, 0.3) is 0 Å². The van der Waals surface area contributed by atoms with Crippen molar-refractivity contribution in [1.82, 2.24) is 9.88 Å². The summed E-state index contributed by atoms with van der Waals surface area (Å²) < 4.78 is 10.5. The van der Waals surface area contributed by atoms with Gasteiger partial charge in [-0.3, -0.25) is 9.88 Å². The third-order valence-electron chi connectivity index (χ3n) is 4.00. The molecule has 1 aromatic heterocycles. The van der Waals surface area contributed by atoms with E-state index in [9.17, 15) is 5.26 Å². The molecule has 0 radical (unpaired) electrons. The number of nitrogens with zero attached hydrogens (tertiary/aromatic N) is 3. The SMILES string of the molecule is COc1ccnc(CN2CCC(C#N)(SC)CC2)c1OC. The van der Waals surface area contributed by atoms with Crippen LogP contribution in [0.2, 0.25) is 0 Å². The number of hydrogen-bond acceptors (Lipinski definition) is 6. The van der Waals surface area contributed by atoms with Gasteiger partial charge in [-0.05, 0) is 19.1 Å². The van der Waals surface area contributed by atoms with Gasteiger partial charge < -0.3 is 9.47 Å². The first kappa shape index (κ1) is 15.9. The third kappa shape index (κ3) is 3.42. The van der Waals surface area contributed by atoms with Gasteiger partial charge in [0, 0.05) is 31.9 Å². The van der Waals surface area contributed by atoms with Crippen LogP contribution in [0.5, 0.6) is 11.5 Å². The molecule has 1 saturated heterocycles. The Balaban J connectivity index is 2.06. The van der Waals surface area contributed by atoms with E-state index in [2.05, 4.69) is 16.0 Å². The Hall–Kier alpha value is -1.45. The van der Waals surface area contributed by atoms with Crippen molar-refractivity contribution in [3.63, 3.8) is 0 Å². The van der Waals surface area contributed by atoms with E-state index in [-0.39, 0.29) is 4.75 Å². The van der Waals surface area contributed by atoms with Crippen molar-refractivity contribution in [2.45, 2.75) is 24.1 Å². The fourth-order valence-corrected chi connectivity index (χ4v) is 3.29. The summed E-state index contributed by atoms with van der Waals surface area (Å²) >= 11 is 1.67. The van der Waals surface area contributed by atoms with Crippen molar-refractivity contribution in [3.05, 3.63) is 18.0 Å². The molecule has 0 saturated carbocycles. The minimum Gasteiger partial charge on any atom is -0.493 e. The monoisotopic (exact) mass is 307 g/mol. The number of aromatic nitrogens is 1. The molecule has 0 N–H and O–H groups in total. The van der Waals surface area contributed by atoms with E-state index in [1.165, 1.54) is 0 Å². The van der Waals surface area contributed by atoms with Crippen LogP contribution >= 0.6 is 11.8 Å². The summed E-state index contributed by atoms with van der Waals surface area (Å²) in [5, 5.41) is 9.33. The van der Waals surface area contributed by atoms with Gasteiger partial charge in [-0.25, -0.2) is 0 Å². The van der Waals surface area contributed by atoms with Gasteiger partial charge >= 0.3 is 0 Å². The molecule has 0 amide bonds. The summed E-state index contributed by atoms with van der Waals surface area (Å²) in [6, 6.07) is 4.27. The molecule has 0 atom stereocenters. The van der Waals surface area contributed by atoms with Crippen molar-refractivity contribution in [3.8, 4) is 17.6 Å². The standard InChI is InChI=1S/C15H21N3O2S/c1-19-13-4-7-17-12(14(13)20-2)10-18-8-5-15(11-16,21-3)6-9-18/h4,7H,5-6,8-10H2,1-3H3. The predicted octanol–water partition coefficient (Wildman–Crippen LogP) is 2.32. The first-order valence-electron chi connectivity index (χ1n) is 6.92. The molecule has 21 heavy (non-hydrogen) atoms. The average Bonchev–Trinajstić information content (AvgIpc) is 2.55. The third-order valence-corrected chi connectivity index (χ3v) is 5.28. The van der Waals surface area contributed by atoms with Gasteiger partial charge in [0.05, 0.1) is 20.3 Å². The van der Waals surface area contributed by atoms with Gasteiger partial charge in [-0.2, -0.15) is 5.26 Å². The van der Waals surface area contributed by atoms with E-state index < -0.39 is 0 Å². The summed E-state index contributed by atoms with van der Waals surface area (Å²) in [5.41, 5.74) is 0.880. The Labute approximate surface area is 130 Å². The van der Waals surface area contributed by atoms with E-state index in [1.54, 1.807) is 38.2 Å². The van der Waals surface area contributed by atoms with Crippen LogP contribution in [0, 0.1) is 11.3 Å². The van der Waals surface area contributed by atoms with Gasteiger partial charge in [0.2, 0.25) is 0 Å². The molecule has 1 fully saturated rings. The van der Waals surface area contributed by atoms with Crippen LogP contribution in [0.3, 0.4) is 0 Å². The van der Waals surface area contributed by atoms with Crippen molar-refractivity contribution >= 4 is 11.8 Å². The molecule has 114 valence electrons. The molecule has 0 bridgehead atoms. The maximum absolute atomic E-state index is 9.33. The van der Waals surface area contributed by atoms with Gasteiger partial charge in [-0.1, -0.05) is 0 Å². The second kappa shape index (κ2) is 7.01. The maximum atomic E-state index is 9.33. The van der Waals surface area contributed by atoms with Crippen LogP contribution in [0.4, 0.5) is 0 Å². The van der Waals surface area contributed by atoms with Crippen LogP contribution in [0.1, 0.15) is 18.5 Å². The average molecular weight is 307 g/mol. The lowest BCUT2D eigenvalue weighted by Gasteiger charge is -2.36. The molecular formula is C15H21N3O2S. The highest BCUT2D eigenvalue weighted by Crippen LogP contribution is 2.35. The van der Waals surface area contributed by atoms with Gasteiger partial charge in [0.25, 0.3) is 0 Å². The number of rotatable bonds is 5. The van der Waals surface area contributed by atoms with Gasteiger partial charge in [-0.15, -0.1) is 11.8 Å². The topological polar surface area (TPSA) is 58.4 Å². The zero-order valence-electron chi connectivity index (χ0n) is 12.8. The zero-order valence-corrected chi connectivity index (χ0v) is 13.6. The highest BCUT2D eigenvalue weighted by molar-refractivity contribution is 8.00. The molecule has 1 aromatic rings. The molecule has 1 aliphatic heterocycles. The van der Waals surface area contributed by atoms with Crippen LogP contribution < -0.4 is 9.47 Å². The fraction of sp³-hybridized carbons (Fsp3) is 0.600. The number of hydrogen-bond donors (Lipinski definition) is 0.